The number of rotatable bonds is 3. The second kappa shape index (κ2) is 5.70. The quantitative estimate of drug-likeness (QED) is 0.748. The molecule has 2 N–H and O–H groups in total. The van der Waals surface area contributed by atoms with Gasteiger partial charge in [0, 0.05) is 16.3 Å². The standard InChI is InChI=1S/C18H17NS/c1-13-6-2-5-9-17(13)20-18-11-10-14(12-19)15-7-3-4-8-16(15)18/h2-11H,12,19H2,1H3. The maximum Gasteiger partial charge on any atom is 0.0201 e. The van der Waals surface area contributed by atoms with Crippen molar-refractivity contribution in [2.24, 2.45) is 5.73 Å². The van der Waals surface area contributed by atoms with Crippen LogP contribution >= 0.6 is 11.8 Å². The summed E-state index contributed by atoms with van der Waals surface area (Å²) in [5, 5.41) is 2.54. The molecule has 3 aromatic carbocycles. The molecule has 0 aliphatic carbocycles. The van der Waals surface area contributed by atoms with Crippen LogP contribution in [0.1, 0.15) is 11.1 Å². The summed E-state index contributed by atoms with van der Waals surface area (Å²) in [5.41, 5.74) is 8.35. The fraction of sp³-hybridized carbons (Fsp3) is 0.111. The Morgan fingerprint density at radius 3 is 2.25 bits per heavy atom. The van der Waals surface area contributed by atoms with Gasteiger partial charge in [0.25, 0.3) is 0 Å². The minimum atomic E-state index is 0.579. The predicted octanol–water partition coefficient (Wildman–Crippen LogP) is 4.76. The molecule has 0 aliphatic rings. The van der Waals surface area contributed by atoms with Crippen LogP contribution in [0.5, 0.6) is 0 Å². The van der Waals surface area contributed by atoms with E-state index in [1.807, 2.05) is 11.8 Å². The van der Waals surface area contributed by atoms with Crippen LogP contribution in [-0.2, 0) is 6.54 Å². The molecule has 0 aromatic heterocycles. The van der Waals surface area contributed by atoms with Gasteiger partial charge >= 0.3 is 0 Å². The van der Waals surface area contributed by atoms with Gasteiger partial charge < -0.3 is 5.73 Å². The lowest BCUT2D eigenvalue weighted by molar-refractivity contribution is 1.08. The molecular weight excluding hydrogens is 262 g/mol. The Morgan fingerprint density at radius 2 is 1.50 bits per heavy atom. The topological polar surface area (TPSA) is 26.0 Å². The predicted molar refractivity (Wildman–Crippen MR) is 87.1 cm³/mol. The zero-order valence-corrected chi connectivity index (χ0v) is 12.3. The lowest BCUT2D eigenvalue weighted by Crippen LogP contribution is -1.97. The van der Waals surface area contributed by atoms with Crippen LogP contribution in [0.3, 0.4) is 0 Å². The fourth-order valence-corrected chi connectivity index (χ4v) is 3.43. The molecule has 100 valence electrons. The van der Waals surface area contributed by atoms with Crippen LogP contribution in [0, 0.1) is 6.92 Å². The van der Waals surface area contributed by atoms with E-state index in [-0.39, 0.29) is 0 Å². The third-order valence-corrected chi connectivity index (χ3v) is 4.76. The monoisotopic (exact) mass is 279 g/mol. The van der Waals surface area contributed by atoms with Crippen molar-refractivity contribution < 1.29 is 0 Å². The van der Waals surface area contributed by atoms with Crippen molar-refractivity contribution in [3.63, 3.8) is 0 Å². The number of hydrogen-bond acceptors (Lipinski definition) is 2. The summed E-state index contributed by atoms with van der Waals surface area (Å²) >= 11 is 1.82. The molecule has 0 radical (unpaired) electrons. The van der Waals surface area contributed by atoms with Gasteiger partial charge in [-0.05, 0) is 41.0 Å². The average Bonchev–Trinajstić information content (AvgIpc) is 2.50. The Morgan fingerprint density at radius 1 is 0.800 bits per heavy atom. The number of benzene rings is 3. The van der Waals surface area contributed by atoms with E-state index in [0.29, 0.717) is 6.54 Å². The molecule has 2 heteroatoms. The highest BCUT2D eigenvalue weighted by Crippen LogP contribution is 2.36. The molecule has 20 heavy (non-hydrogen) atoms. The van der Waals surface area contributed by atoms with Crippen molar-refractivity contribution in [2.75, 3.05) is 0 Å². The molecule has 0 fully saturated rings. The van der Waals surface area contributed by atoms with Crippen LogP contribution in [0.15, 0.2) is 70.5 Å². The van der Waals surface area contributed by atoms with Gasteiger partial charge in [-0.15, -0.1) is 0 Å². The molecule has 0 saturated heterocycles. The lowest BCUT2D eigenvalue weighted by atomic mass is 10.0. The highest BCUT2D eigenvalue weighted by molar-refractivity contribution is 7.99. The van der Waals surface area contributed by atoms with Gasteiger partial charge in [-0.1, -0.05) is 60.3 Å². The second-order valence-electron chi connectivity index (χ2n) is 4.84. The van der Waals surface area contributed by atoms with Gasteiger partial charge in [0.05, 0.1) is 0 Å². The molecule has 0 heterocycles. The van der Waals surface area contributed by atoms with E-state index in [1.54, 1.807) is 0 Å². The van der Waals surface area contributed by atoms with Crippen molar-refractivity contribution in [1.29, 1.82) is 0 Å². The first kappa shape index (κ1) is 13.2. The third-order valence-electron chi connectivity index (χ3n) is 3.51. The summed E-state index contributed by atoms with van der Waals surface area (Å²) in [4.78, 5) is 2.59. The average molecular weight is 279 g/mol. The zero-order chi connectivity index (χ0) is 13.9. The second-order valence-corrected chi connectivity index (χ2v) is 5.92. The summed E-state index contributed by atoms with van der Waals surface area (Å²) in [6.45, 7) is 2.73. The van der Waals surface area contributed by atoms with Crippen LogP contribution < -0.4 is 5.73 Å². The molecule has 3 rings (SSSR count). The number of nitrogens with two attached hydrogens (primary N) is 1. The van der Waals surface area contributed by atoms with E-state index >= 15 is 0 Å². The fourth-order valence-electron chi connectivity index (χ4n) is 2.39. The minimum absolute atomic E-state index is 0.579. The first-order valence-electron chi connectivity index (χ1n) is 6.74. The Bertz CT molecular complexity index is 749. The molecule has 0 amide bonds. The highest BCUT2D eigenvalue weighted by Gasteiger charge is 2.07. The smallest absolute Gasteiger partial charge is 0.0201 e. The van der Waals surface area contributed by atoms with E-state index in [2.05, 4.69) is 67.6 Å². The minimum Gasteiger partial charge on any atom is -0.326 e. The van der Waals surface area contributed by atoms with Crippen molar-refractivity contribution >= 4 is 22.5 Å². The van der Waals surface area contributed by atoms with E-state index in [0.717, 1.165) is 0 Å². The molecule has 0 bridgehead atoms. The SMILES string of the molecule is Cc1ccccc1Sc1ccc(CN)c2ccccc12. The lowest BCUT2D eigenvalue weighted by Gasteiger charge is -2.11. The molecular formula is C18H17NS. The van der Waals surface area contributed by atoms with E-state index in [1.165, 1.54) is 31.7 Å². The number of fused-ring (bicyclic) bond motifs is 1. The Balaban J connectivity index is 2.11. The van der Waals surface area contributed by atoms with Gasteiger partial charge in [-0.25, -0.2) is 0 Å². The Hall–Kier alpha value is -1.77. The Labute approximate surface area is 123 Å². The number of aryl methyl sites for hydroxylation is 1. The Kier molecular flexibility index (Phi) is 3.77. The normalized spacial score (nSPS) is 10.9. The molecule has 0 saturated carbocycles. The third kappa shape index (κ3) is 2.45. The largest absolute Gasteiger partial charge is 0.326 e. The summed E-state index contributed by atoms with van der Waals surface area (Å²) in [7, 11) is 0. The van der Waals surface area contributed by atoms with Gasteiger partial charge in [0.2, 0.25) is 0 Å². The highest BCUT2D eigenvalue weighted by atomic mass is 32.2. The molecule has 0 unspecified atom stereocenters. The van der Waals surface area contributed by atoms with E-state index in [9.17, 15) is 0 Å². The van der Waals surface area contributed by atoms with Crippen molar-refractivity contribution in [3.8, 4) is 0 Å². The first-order valence-corrected chi connectivity index (χ1v) is 7.55. The summed E-state index contributed by atoms with van der Waals surface area (Å²) in [6.07, 6.45) is 0. The van der Waals surface area contributed by atoms with Crippen LogP contribution in [0.4, 0.5) is 0 Å². The first-order chi connectivity index (χ1) is 9.79. The van der Waals surface area contributed by atoms with Crippen LogP contribution in [-0.4, -0.2) is 0 Å². The molecule has 3 aromatic rings. The van der Waals surface area contributed by atoms with Crippen LogP contribution in [0.25, 0.3) is 10.8 Å². The molecule has 1 nitrogen and oxygen atoms in total. The molecule has 0 aliphatic heterocycles. The maximum atomic E-state index is 5.84. The van der Waals surface area contributed by atoms with Crippen molar-refractivity contribution in [1.82, 2.24) is 0 Å². The number of hydrogen-bond donors (Lipinski definition) is 1. The summed E-state index contributed by atoms with van der Waals surface area (Å²) < 4.78 is 0. The molecule has 0 atom stereocenters. The van der Waals surface area contributed by atoms with E-state index in [4.69, 9.17) is 5.73 Å². The van der Waals surface area contributed by atoms with Crippen LogP contribution in [0.2, 0.25) is 0 Å². The summed E-state index contributed by atoms with van der Waals surface area (Å²) in [5.74, 6) is 0. The van der Waals surface area contributed by atoms with Gasteiger partial charge in [0.1, 0.15) is 0 Å². The molecule has 0 spiro atoms. The van der Waals surface area contributed by atoms with Crippen molar-refractivity contribution in [3.05, 3.63) is 71.8 Å². The maximum absolute atomic E-state index is 5.84. The van der Waals surface area contributed by atoms with Crippen molar-refractivity contribution in [2.45, 2.75) is 23.3 Å². The summed E-state index contributed by atoms with van der Waals surface area (Å²) in [6, 6.07) is 21.3. The zero-order valence-electron chi connectivity index (χ0n) is 11.5. The van der Waals surface area contributed by atoms with Gasteiger partial charge in [0.15, 0.2) is 0 Å². The van der Waals surface area contributed by atoms with E-state index < -0.39 is 0 Å². The van der Waals surface area contributed by atoms with Gasteiger partial charge in [-0.3, -0.25) is 0 Å². The van der Waals surface area contributed by atoms with Gasteiger partial charge in [-0.2, -0.15) is 0 Å².